The molecule has 3 aromatic rings. The van der Waals surface area contributed by atoms with Gasteiger partial charge in [0.25, 0.3) is 0 Å². The molecule has 3 aromatic carbocycles. The first-order valence-corrected chi connectivity index (χ1v) is 14.5. The molecule has 0 radical (unpaired) electrons. The van der Waals surface area contributed by atoms with E-state index in [4.69, 9.17) is 37.4 Å². The van der Waals surface area contributed by atoms with Crippen LogP contribution >= 0.6 is 23.2 Å². The minimum absolute atomic E-state index is 0.135. The van der Waals surface area contributed by atoms with E-state index in [1.54, 1.807) is 25.1 Å². The Kier molecular flexibility index (Phi) is 11.0. The Labute approximate surface area is 248 Å². The van der Waals surface area contributed by atoms with Gasteiger partial charge in [-0.15, -0.1) is 0 Å². The molecular formula is C32H32Cl2F2O5. The molecule has 0 aliphatic carbocycles. The molecule has 1 aliphatic rings. The lowest BCUT2D eigenvalue weighted by Gasteiger charge is -2.20. The summed E-state index contributed by atoms with van der Waals surface area (Å²) in [6.45, 7) is 1.38. The summed E-state index contributed by atoms with van der Waals surface area (Å²) in [6, 6.07) is 11.9. The van der Waals surface area contributed by atoms with Crippen molar-refractivity contribution in [2.45, 2.75) is 77.6 Å². The molecule has 0 bridgehead atoms. The lowest BCUT2D eigenvalue weighted by molar-refractivity contribution is -0.119. The zero-order valence-corrected chi connectivity index (χ0v) is 24.3. The molecule has 4 rings (SSSR count). The topological polar surface area (TPSA) is 61.8 Å². The number of ether oxygens (including phenoxy) is 3. The first kappa shape index (κ1) is 30.8. The summed E-state index contributed by atoms with van der Waals surface area (Å²) < 4.78 is 46.7. The second-order valence-electron chi connectivity index (χ2n) is 10.1. The summed E-state index contributed by atoms with van der Waals surface area (Å²) in [4.78, 5) is 25.7. The van der Waals surface area contributed by atoms with Crippen molar-refractivity contribution in [2.75, 3.05) is 0 Å². The highest BCUT2D eigenvalue weighted by Crippen LogP contribution is 2.34. The fourth-order valence-corrected chi connectivity index (χ4v) is 5.18. The third kappa shape index (κ3) is 8.43. The van der Waals surface area contributed by atoms with Gasteiger partial charge in [-0.05, 0) is 74.9 Å². The van der Waals surface area contributed by atoms with Crippen molar-refractivity contribution in [1.29, 1.82) is 0 Å². The van der Waals surface area contributed by atoms with Crippen LogP contribution in [-0.2, 0) is 29.2 Å². The number of aryl methyl sites for hydroxylation is 1. The quantitative estimate of drug-likeness (QED) is 0.263. The van der Waals surface area contributed by atoms with Gasteiger partial charge in [-0.3, -0.25) is 4.79 Å². The Morgan fingerprint density at radius 2 is 1.44 bits per heavy atom. The van der Waals surface area contributed by atoms with Gasteiger partial charge in [-0.25, -0.2) is 13.6 Å². The number of hydrogen-bond donors (Lipinski definition) is 0. The van der Waals surface area contributed by atoms with Crippen LogP contribution in [0.4, 0.5) is 8.78 Å². The van der Waals surface area contributed by atoms with Gasteiger partial charge in [-0.2, -0.15) is 0 Å². The molecule has 0 fully saturated rings. The lowest BCUT2D eigenvalue weighted by atomic mass is 9.98. The van der Waals surface area contributed by atoms with Gasteiger partial charge in [0.15, 0.2) is 0 Å². The number of rotatable bonds is 6. The Morgan fingerprint density at radius 3 is 2.10 bits per heavy atom. The van der Waals surface area contributed by atoms with Crippen molar-refractivity contribution in [3.8, 4) is 11.5 Å². The average molecular weight is 606 g/mol. The molecule has 0 amide bonds. The van der Waals surface area contributed by atoms with Gasteiger partial charge in [0.2, 0.25) is 0 Å². The van der Waals surface area contributed by atoms with Crippen LogP contribution in [0.1, 0.15) is 78.9 Å². The number of carbonyl (C=O) groups excluding carboxylic acids is 2. The summed E-state index contributed by atoms with van der Waals surface area (Å²) in [6.07, 6.45) is 4.43. The summed E-state index contributed by atoms with van der Waals surface area (Å²) in [5, 5.41) is 0.412. The van der Waals surface area contributed by atoms with Gasteiger partial charge >= 0.3 is 5.97 Å². The number of esters is 1. The van der Waals surface area contributed by atoms with Gasteiger partial charge < -0.3 is 14.2 Å². The third-order valence-electron chi connectivity index (χ3n) is 7.02. The molecule has 5 nitrogen and oxygen atoms in total. The summed E-state index contributed by atoms with van der Waals surface area (Å²) >= 11 is 12.4. The lowest BCUT2D eigenvalue weighted by Crippen LogP contribution is -2.18. The zero-order chi connectivity index (χ0) is 29.4. The molecule has 41 heavy (non-hydrogen) atoms. The van der Waals surface area contributed by atoms with E-state index in [-0.39, 0.29) is 51.5 Å². The summed E-state index contributed by atoms with van der Waals surface area (Å²) in [5.74, 6) is -0.972. The van der Waals surface area contributed by atoms with Crippen molar-refractivity contribution in [1.82, 2.24) is 0 Å². The van der Waals surface area contributed by atoms with Crippen molar-refractivity contribution >= 4 is 35.0 Å². The van der Waals surface area contributed by atoms with Gasteiger partial charge in [0.05, 0.1) is 16.1 Å². The van der Waals surface area contributed by atoms with E-state index in [2.05, 4.69) is 0 Å². The number of carbonyl (C=O) groups is 2. The Balaban J connectivity index is 1.70. The number of fused-ring (bicyclic) bond motifs is 1. The van der Waals surface area contributed by atoms with E-state index in [0.29, 0.717) is 49.8 Å². The van der Waals surface area contributed by atoms with Crippen LogP contribution in [0.5, 0.6) is 11.5 Å². The average Bonchev–Trinajstić information content (AvgIpc) is 2.91. The van der Waals surface area contributed by atoms with E-state index in [1.165, 1.54) is 30.3 Å². The standard InChI is InChI=1S/C32H32Cl2F2O5/c1-20-8-5-11-22(37)10-4-2-3-9-21-16-23(39-18-24-26(33)12-6-14-28(24)35)17-30(31(21)32(38)41-20)40-19-25-27(34)13-7-15-29(25)36/h6-7,12-17,20H,2-5,8-11,18-19H2,1H3/t20-/m0/s1. The fourth-order valence-electron chi connectivity index (χ4n) is 4.74. The Bertz CT molecular complexity index is 1350. The van der Waals surface area contributed by atoms with Crippen molar-refractivity contribution < 1.29 is 32.6 Å². The molecule has 0 unspecified atom stereocenters. The highest BCUT2D eigenvalue weighted by Gasteiger charge is 2.24. The number of halogens is 4. The molecule has 0 saturated heterocycles. The van der Waals surface area contributed by atoms with Crippen LogP contribution in [0.3, 0.4) is 0 Å². The first-order valence-electron chi connectivity index (χ1n) is 13.7. The maximum atomic E-state index is 14.5. The molecule has 9 heteroatoms. The predicted molar refractivity (Wildman–Crippen MR) is 154 cm³/mol. The number of hydrogen-bond acceptors (Lipinski definition) is 5. The third-order valence-corrected chi connectivity index (χ3v) is 7.72. The minimum atomic E-state index is -0.589. The van der Waals surface area contributed by atoms with Crippen LogP contribution in [0.25, 0.3) is 0 Å². The van der Waals surface area contributed by atoms with Gasteiger partial charge in [0.1, 0.15) is 47.7 Å². The molecule has 218 valence electrons. The fraction of sp³-hybridized carbons (Fsp3) is 0.375. The normalized spacial score (nSPS) is 16.9. The van der Waals surface area contributed by atoms with E-state index in [9.17, 15) is 18.4 Å². The van der Waals surface area contributed by atoms with Crippen LogP contribution < -0.4 is 9.47 Å². The van der Waals surface area contributed by atoms with Crippen molar-refractivity contribution in [3.05, 3.63) is 92.5 Å². The van der Waals surface area contributed by atoms with Crippen LogP contribution in [-0.4, -0.2) is 17.9 Å². The van der Waals surface area contributed by atoms with E-state index >= 15 is 0 Å². The van der Waals surface area contributed by atoms with E-state index in [0.717, 1.165) is 12.8 Å². The largest absolute Gasteiger partial charge is 0.489 e. The number of ketones is 1. The molecule has 0 N–H and O–H groups in total. The molecule has 1 heterocycles. The number of cyclic esters (lactones) is 1. The maximum Gasteiger partial charge on any atom is 0.342 e. The SMILES string of the molecule is C[C@H]1CCCC(=O)CCCCCc2cc(OCc3c(F)cccc3Cl)cc(OCc3c(F)cccc3Cl)c2C(=O)O1. The smallest absolute Gasteiger partial charge is 0.342 e. The molecule has 0 spiro atoms. The molecule has 0 saturated carbocycles. The number of benzene rings is 3. The van der Waals surface area contributed by atoms with Crippen LogP contribution in [0.15, 0.2) is 48.5 Å². The predicted octanol–water partition coefficient (Wildman–Crippen LogP) is 8.83. The van der Waals surface area contributed by atoms with E-state index < -0.39 is 23.7 Å². The molecule has 1 aliphatic heterocycles. The molecular weight excluding hydrogens is 573 g/mol. The van der Waals surface area contributed by atoms with E-state index in [1.807, 2.05) is 0 Å². The van der Waals surface area contributed by atoms with Gasteiger partial charge in [0, 0.05) is 30.0 Å². The Morgan fingerprint density at radius 1 is 0.829 bits per heavy atom. The second kappa shape index (κ2) is 14.6. The molecule has 1 atom stereocenters. The van der Waals surface area contributed by atoms with Crippen LogP contribution in [0, 0.1) is 11.6 Å². The monoisotopic (exact) mass is 604 g/mol. The highest BCUT2D eigenvalue weighted by atomic mass is 35.5. The zero-order valence-electron chi connectivity index (χ0n) is 22.8. The van der Waals surface area contributed by atoms with Gasteiger partial charge in [-0.1, -0.05) is 41.8 Å². The van der Waals surface area contributed by atoms with Crippen LogP contribution in [0.2, 0.25) is 10.0 Å². The second-order valence-corrected chi connectivity index (χ2v) is 11.0. The van der Waals surface area contributed by atoms with Crippen molar-refractivity contribution in [3.63, 3.8) is 0 Å². The van der Waals surface area contributed by atoms with Crippen molar-refractivity contribution in [2.24, 2.45) is 0 Å². The first-order chi connectivity index (χ1) is 19.7. The highest BCUT2D eigenvalue weighted by molar-refractivity contribution is 6.31. The minimum Gasteiger partial charge on any atom is -0.489 e. The Hall–Kier alpha value is -3.16. The number of Topliss-reactive ketones (excluding diaryl/α,β-unsaturated/α-hetero) is 1. The summed E-state index contributed by atoms with van der Waals surface area (Å²) in [5.41, 5.74) is 1.15. The maximum absolute atomic E-state index is 14.5. The summed E-state index contributed by atoms with van der Waals surface area (Å²) in [7, 11) is 0. The molecule has 0 aromatic heterocycles.